The Balaban J connectivity index is 2.39. The first-order valence-electron chi connectivity index (χ1n) is 8.20. The number of anilines is 3. The third-order valence-corrected chi connectivity index (χ3v) is 5.57. The lowest BCUT2D eigenvalue weighted by Gasteiger charge is -2.24. The molecular weight excluding hydrogens is 354 g/mol. The van der Waals surface area contributed by atoms with E-state index in [1.165, 1.54) is 16.4 Å². The molecule has 0 saturated heterocycles. The Hall–Kier alpha value is -2.74. The van der Waals surface area contributed by atoms with Gasteiger partial charge in [0.05, 0.1) is 35.0 Å². The zero-order chi connectivity index (χ0) is 19.2. The van der Waals surface area contributed by atoms with Gasteiger partial charge >= 0.3 is 5.97 Å². The first-order chi connectivity index (χ1) is 12.4. The number of para-hydroxylation sites is 1. The monoisotopic (exact) mass is 377 g/mol. The molecule has 3 N–H and O–H groups in total. The maximum atomic E-state index is 13.2. The topological polar surface area (TPSA) is 102 Å². The zero-order valence-electron chi connectivity index (χ0n) is 14.8. The Kier molecular flexibility index (Phi) is 6.46. The molecule has 2 aromatic rings. The van der Waals surface area contributed by atoms with E-state index in [0.29, 0.717) is 17.1 Å². The second-order valence-corrected chi connectivity index (χ2v) is 7.33. The molecule has 0 aliphatic rings. The number of ether oxygens (including phenoxy) is 1. The highest BCUT2D eigenvalue weighted by molar-refractivity contribution is 7.92. The molecule has 0 amide bonds. The summed E-state index contributed by atoms with van der Waals surface area (Å²) >= 11 is 0. The van der Waals surface area contributed by atoms with Crippen molar-refractivity contribution in [1.82, 2.24) is 0 Å². The standard InChI is InChI=1S/C18H23N3O4S/c1-3-25-18(22)11-12-21(14-7-5-4-6-8-14)26(23,24)15-9-10-17(20-2)16(19)13-15/h4-10,13,20H,3,11-12,19H2,1-2H3. The van der Waals surface area contributed by atoms with Crippen LogP contribution in [0.25, 0.3) is 0 Å². The minimum absolute atomic E-state index is 0.0289. The second kappa shape index (κ2) is 8.57. The molecule has 0 aromatic heterocycles. The lowest BCUT2D eigenvalue weighted by molar-refractivity contribution is -0.142. The quantitative estimate of drug-likeness (QED) is 0.541. The molecule has 0 bridgehead atoms. The summed E-state index contributed by atoms with van der Waals surface area (Å²) in [4.78, 5) is 11.8. The molecule has 0 unspecified atom stereocenters. The number of nitrogens with zero attached hydrogens (tertiary/aromatic N) is 1. The van der Waals surface area contributed by atoms with E-state index in [0.717, 1.165) is 0 Å². The predicted octanol–water partition coefficient (Wildman–Crippen LogP) is 2.46. The van der Waals surface area contributed by atoms with Crippen molar-refractivity contribution in [2.24, 2.45) is 0 Å². The largest absolute Gasteiger partial charge is 0.466 e. The molecule has 0 fully saturated rings. The van der Waals surface area contributed by atoms with E-state index < -0.39 is 16.0 Å². The van der Waals surface area contributed by atoms with Crippen LogP contribution in [0.2, 0.25) is 0 Å². The minimum atomic E-state index is -3.89. The van der Waals surface area contributed by atoms with Gasteiger partial charge in [0.25, 0.3) is 10.0 Å². The Morgan fingerprint density at radius 3 is 2.46 bits per heavy atom. The number of rotatable bonds is 8. The Bertz CT molecular complexity index is 854. The van der Waals surface area contributed by atoms with E-state index in [9.17, 15) is 13.2 Å². The summed E-state index contributed by atoms with van der Waals surface area (Å²) in [6, 6.07) is 13.1. The summed E-state index contributed by atoms with van der Waals surface area (Å²) in [5, 5.41) is 2.89. The van der Waals surface area contributed by atoms with Gasteiger partial charge < -0.3 is 15.8 Å². The first kappa shape index (κ1) is 19.6. The van der Waals surface area contributed by atoms with Gasteiger partial charge in [-0.1, -0.05) is 18.2 Å². The van der Waals surface area contributed by atoms with Gasteiger partial charge in [-0.2, -0.15) is 0 Å². The fourth-order valence-electron chi connectivity index (χ4n) is 2.46. The molecule has 140 valence electrons. The predicted molar refractivity (Wildman–Crippen MR) is 103 cm³/mol. The zero-order valence-corrected chi connectivity index (χ0v) is 15.6. The highest BCUT2D eigenvalue weighted by Crippen LogP contribution is 2.28. The van der Waals surface area contributed by atoms with E-state index in [2.05, 4.69) is 5.32 Å². The van der Waals surface area contributed by atoms with Gasteiger partial charge in [0.15, 0.2) is 0 Å². The van der Waals surface area contributed by atoms with Gasteiger partial charge in [-0.05, 0) is 37.3 Å². The number of hydrogen-bond donors (Lipinski definition) is 2. The number of carbonyl (C=O) groups excluding carboxylic acids is 1. The number of carbonyl (C=O) groups is 1. The van der Waals surface area contributed by atoms with Crippen molar-refractivity contribution < 1.29 is 17.9 Å². The maximum absolute atomic E-state index is 13.2. The molecule has 0 heterocycles. The Labute approximate surface area is 153 Å². The van der Waals surface area contributed by atoms with E-state index in [4.69, 9.17) is 10.5 Å². The number of nitrogens with one attached hydrogen (secondary N) is 1. The molecule has 0 spiro atoms. The van der Waals surface area contributed by atoms with Crippen molar-refractivity contribution in [3.63, 3.8) is 0 Å². The van der Waals surface area contributed by atoms with E-state index >= 15 is 0 Å². The van der Waals surface area contributed by atoms with Crippen molar-refractivity contribution in [2.75, 3.05) is 35.6 Å². The molecule has 7 nitrogen and oxygen atoms in total. The van der Waals surface area contributed by atoms with Crippen molar-refractivity contribution >= 4 is 33.1 Å². The number of nitrogen functional groups attached to an aromatic ring is 1. The number of esters is 1. The molecule has 8 heteroatoms. The van der Waals surface area contributed by atoms with Crippen LogP contribution in [0.1, 0.15) is 13.3 Å². The summed E-state index contributed by atoms with van der Waals surface area (Å²) < 4.78 is 32.4. The molecule has 0 saturated carbocycles. The smallest absolute Gasteiger partial charge is 0.307 e. The van der Waals surface area contributed by atoms with Crippen molar-refractivity contribution in [2.45, 2.75) is 18.2 Å². The molecular formula is C18H23N3O4S. The fraction of sp³-hybridized carbons (Fsp3) is 0.278. The average Bonchev–Trinajstić information content (AvgIpc) is 2.62. The van der Waals surface area contributed by atoms with Crippen LogP contribution in [0, 0.1) is 0 Å². The molecule has 0 radical (unpaired) electrons. The summed E-state index contributed by atoms with van der Waals surface area (Å²) in [5.41, 5.74) is 7.34. The average molecular weight is 377 g/mol. The van der Waals surface area contributed by atoms with Crippen molar-refractivity contribution in [1.29, 1.82) is 0 Å². The van der Waals surface area contributed by atoms with Crippen molar-refractivity contribution in [3.05, 3.63) is 48.5 Å². The van der Waals surface area contributed by atoms with Crippen LogP contribution in [0.4, 0.5) is 17.1 Å². The van der Waals surface area contributed by atoms with Crippen LogP contribution < -0.4 is 15.4 Å². The Morgan fingerprint density at radius 1 is 1.19 bits per heavy atom. The van der Waals surface area contributed by atoms with Gasteiger partial charge in [-0.15, -0.1) is 0 Å². The third-order valence-electron chi connectivity index (χ3n) is 3.75. The highest BCUT2D eigenvalue weighted by Gasteiger charge is 2.26. The lowest BCUT2D eigenvalue weighted by atomic mass is 10.3. The summed E-state index contributed by atoms with van der Waals surface area (Å²) in [6.07, 6.45) is -0.0496. The highest BCUT2D eigenvalue weighted by atomic mass is 32.2. The molecule has 0 aliphatic carbocycles. The molecule has 26 heavy (non-hydrogen) atoms. The lowest BCUT2D eigenvalue weighted by Crippen LogP contribution is -2.33. The second-order valence-electron chi connectivity index (χ2n) is 5.47. The molecule has 2 rings (SSSR count). The fourth-order valence-corrected chi connectivity index (χ4v) is 3.97. The summed E-state index contributed by atoms with van der Waals surface area (Å²) in [5.74, 6) is -0.450. The molecule has 0 atom stereocenters. The molecule has 0 aliphatic heterocycles. The number of nitrogens with two attached hydrogens (primary N) is 1. The van der Waals surface area contributed by atoms with Gasteiger partial charge in [-0.3, -0.25) is 9.10 Å². The maximum Gasteiger partial charge on any atom is 0.307 e. The normalized spacial score (nSPS) is 11.0. The minimum Gasteiger partial charge on any atom is -0.466 e. The van der Waals surface area contributed by atoms with Gasteiger partial charge in [-0.25, -0.2) is 8.42 Å². The van der Waals surface area contributed by atoms with Crippen LogP contribution in [-0.2, 0) is 19.6 Å². The van der Waals surface area contributed by atoms with E-state index in [1.54, 1.807) is 50.4 Å². The summed E-state index contributed by atoms with van der Waals surface area (Å²) in [7, 11) is -2.19. The summed E-state index contributed by atoms with van der Waals surface area (Å²) in [6.45, 7) is 1.92. The van der Waals surface area contributed by atoms with Gasteiger partial charge in [0.2, 0.25) is 0 Å². The van der Waals surface area contributed by atoms with Crippen LogP contribution >= 0.6 is 0 Å². The van der Waals surface area contributed by atoms with Crippen molar-refractivity contribution in [3.8, 4) is 0 Å². The number of benzene rings is 2. The SMILES string of the molecule is CCOC(=O)CCN(c1ccccc1)S(=O)(=O)c1ccc(NC)c(N)c1. The first-order valence-corrected chi connectivity index (χ1v) is 9.64. The van der Waals surface area contributed by atoms with E-state index in [1.807, 2.05) is 0 Å². The van der Waals surface area contributed by atoms with Gasteiger partial charge in [0.1, 0.15) is 0 Å². The van der Waals surface area contributed by atoms with Crippen LogP contribution in [0.15, 0.2) is 53.4 Å². The van der Waals surface area contributed by atoms with Crippen LogP contribution in [0.3, 0.4) is 0 Å². The van der Waals surface area contributed by atoms with E-state index in [-0.39, 0.29) is 24.5 Å². The Morgan fingerprint density at radius 2 is 1.88 bits per heavy atom. The van der Waals surface area contributed by atoms with Gasteiger partial charge in [0, 0.05) is 13.6 Å². The third kappa shape index (κ3) is 4.45. The molecule has 2 aromatic carbocycles. The number of sulfonamides is 1. The number of hydrogen-bond acceptors (Lipinski definition) is 6. The van der Waals surface area contributed by atoms with Crippen LogP contribution in [-0.4, -0.2) is 34.6 Å². The van der Waals surface area contributed by atoms with Crippen LogP contribution in [0.5, 0.6) is 0 Å².